The molecule has 0 radical (unpaired) electrons. The number of rotatable bonds is 4. The lowest BCUT2D eigenvalue weighted by atomic mass is 9.85. The van der Waals surface area contributed by atoms with Crippen molar-refractivity contribution in [2.45, 2.75) is 27.7 Å². The monoisotopic (exact) mass is 167 g/mol. The highest BCUT2D eigenvalue weighted by molar-refractivity contribution is 5.70. The number of allylic oxidation sites excluding steroid dienone is 2. The lowest BCUT2D eigenvalue weighted by molar-refractivity contribution is 0.356. The van der Waals surface area contributed by atoms with Gasteiger partial charge in [0.1, 0.15) is 0 Å². The second-order valence-electron chi connectivity index (χ2n) is 3.86. The van der Waals surface area contributed by atoms with Crippen LogP contribution in [-0.4, -0.2) is 13.3 Å². The van der Waals surface area contributed by atoms with Gasteiger partial charge < -0.3 is 0 Å². The summed E-state index contributed by atoms with van der Waals surface area (Å²) >= 11 is 0. The number of hydrogen-bond acceptors (Lipinski definition) is 1. The van der Waals surface area contributed by atoms with Crippen molar-refractivity contribution < 1.29 is 0 Å². The van der Waals surface area contributed by atoms with E-state index in [0.29, 0.717) is 17.8 Å². The van der Waals surface area contributed by atoms with Gasteiger partial charge in [-0.3, -0.25) is 4.99 Å². The van der Waals surface area contributed by atoms with Crippen LogP contribution in [0.15, 0.2) is 17.1 Å². The van der Waals surface area contributed by atoms with Crippen LogP contribution in [0.3, 0.4) is 0 Å². The molecule has 0 aliphatic carbocycles. The van der Waals surface area contributed by atoms with Crippen LogP contribution in [0.4, 0.5) is 0 Å². The van der Waals surface area contributed by atoms with Gasteiger partial charge >= 0.3 is 0 Å². The summed E-state index contributed by atoms with van der Waals surface area (Å²) in [5, 5.41) is 0. The quantitative estimate of drug-likeness (QED) is 0.570. The van der Waals surface area contributed by atoms with Crippen LogP contribution >= 0.6 is 0 Å². The average molecular weight is 167 g/mol. The lowest BCUT2D eigenvalue weighted by Gasteiger charge is -2.20. The van der Waals surface area contributed by atoms with E-state index in [2.05, 4.69) is 38.8 Å². The molecular formula is C11H21N. The second-order valence-corrected chi connectivity index (χ2v) is 3.86. The van der Waals surface area contributed by atoms with Crippen LogP contribution in [-0.2, 0) is 0 Å². The van der Waals surface area contributed by atoms with Gasteiger partial charge in [0.2, 0.25) is 0 Å². The van der Waals surface area contributed by atoms with Crippen molar-refractivity contribution in [2.75, 3.05) is 7.05 Å². The zero-order chi connectivity index (χ0) is 9.56. The van der Waals surface area contributed by atoms with Gasteiger partial charge in [0.15, 0.2) is 0 Å². The molecular weight excluding hydrogens is 146 g/mol. The van der Waals surface area contributed by atoms with Gasteiger partial charge in [-0.05, 0) is 23.8 Å². The van der Waals surface area contributed by atoms with Crippen molar-refractivity contribution >= 4 is 6.21 Å². The van der Waals surface area contributed by atoms with Gasteiger partial charge in [0.25, 0.3) is 0 Å². The van der Waals surface area contributed by atoms with Gasteiger partial charge in [0.05, 0.1) is 0 Å². The maximum Gasteiger partial charge on any atom is 0.0277 e. The summed E-state index contributed by atoms with van der Waals surface area (Å²) in [5.41, 5.74) is 0. The van der Waals surface area contributed by atoms with E-state index in [-0.39, 0.29) is 0 Å². The Kier molecular flexibility index (Phi) is 5.69. The molecule has 0 N–H and O–H groups in total. The normalized spacial score (nSPS) is 13.3. The summed E-state index contributed by atoms with van der Waals surface area (Å²) in [7, 11) is 1.80. The summed E-state index contributed by atoms with van der Waals surface area (Å²) < 4.78 is 0. The number of aliphatic imine (C=N–C) groups is 1. The van der Waals surface area contributed by atoms with E-state index in [4.69, 9.17) is 0 Å². The molecule has 1 heteroatoms. The van der Waals surface area contributed by atoms with Crippen LogP contribution in [0.1, 0.15) is 27.7 Å². The molecule has 0 aliphatic heterocycles. The van der Waals surface area contributed by atoms with Crippen molar-refractivity contribution in [3.63, 3.8) is 0 Å². The molecule has 0 atom stereocenters. The Morgan fingerprint density at radius 1 is 1.00 bits per heavy atom. The van der Waals surface area contributed by atoms with Gasteiger partial charge in [0, 0.05) is 13.3 Å². The maximum atomic E-state index is 3.91. The molecule has 0 rings (SSSR count). The Bertz CT molecular complexity index is 146. The van der Waals surface area contributed by atoms with Crippen molar-refractivity contribution in [2.24, 2.45) is 22.7 Å². The van der Waals surface area contributed by atoms with Crippen LogP contribution in [0, 0.1) is 17.8 Å². The highest BCUT2D eigenvalue weighted by Gasteiger charge is 2.12. The minimum Gasteiger partial charge on any atom is -0.297 e. The Balaban J connectivity index is 4.13. The molecule has 1 nitrogen and oxygen atoms in total. The largest absolute Gasteiger partial charge is 0.297 e. The molecule has 0 aromatic carbocycles. The number of hydrogen-bond donors (Lipinski definition) is 0. The molecule has 70 valence electrons. The third-order valence-corrected chi connectivity index (χ3v) is 2.11. The van der Waals surface area contributed by atoms with Crippen LogP contribution in [0.5, 0.6) is 0 Å². The zero-order valence-corrected chi connectivity index (χ0v) is 8.91. The summed E-state index contributed by atoms with van der Waals surface area (Å²) in [5.74, 6) is 2.10. The molecule has 0 spiro atoms. The average Bonchev–Trinajstić information content (AvgIpc) is 1.96. The Hall–Kier alpha value is -0.590. The first-order valence-corrected chi connectivity index (χ1v) is 4.68. The smallest absolute Gasteiger partial charge is 0.0277 e. The van der Waals surface area contributed by atoms with E-state index >= 15 is 0 Å². The molecule has 0 fully saturated rings. The van der Waals surface area contributed by atoms with E-state index in [1.807, 2.05) is 12.3 Å². The fourth-order valence-corrected chi connectivity index (χ4v) is 1.48. The highest BCUT2D eigenvalue weighted by atomic mass is 14.6. The van der Waals surface area contributed by atoms with Gasteiger partial charge in [-0.15, -0.1) is 0 Å². The minimum absolute atomic E-state index is 0.669. The molecule has 0 amide bonds. The Morgan fingerprint density at radius 2 is 1.50 bits per heavy atom. The van der Waals surface area contributed by atoms with Crippen LogP contribution in [0.25, 0.3) is 0 Å². The van der Waals surface area contributed by atoms with Crippen molar-refractivity contribution in [3.8, 4) is 0 Å². The van der Waals surface area contributed by atoms with Crippen molar-refractivity contribution in [3.05, 3.63) is 12.2 Å². The van der Waals surface area contributed by atoms with E-state index in [1.165, 1.54) is 0 Å². The summed E-state index contributed by atoms with van der Waals surface area (Å²) in [6.45, 7) is 9.05. The molecule has 0 heterocycles. The fraction of sp³-hybridized carbons (Fsp3) is 0.727. The maximum absolute atomic E-state index is 3.91. The minimum atomic E-state index is 0.669. The predicted molar refractivity (Wildman–Crippen MR) is 56.7 cm³/mol. The lowest BCUT2D eigenvalue weighted by Crippen LogP contribution is -2.12. The molecule has 12 heavy (non-hydrogen) atoms. The first kappa shape index (κ1) is 11.4. The van der Waals surface area contributed by atoms with Crippen LogP contribution in [0.2, 0.25) is 0 Å². The number of nitrogens with zero attached hydrogens (tertiary/aromatic N) is 1. The van der Waals surface area contributed by atoms with Crippen molar-refractivity contribution in [1.29, 1.82) is 0 Å². The molecule has 0 aromatic rings. The summed E-state index contributed by atoms with van der Waals surface area (Å²) in [4.78, 5) is 3.91. The van der Waals surface area contributed by atoms with E-state index in [9.17, 15) is 0 Å². The molecule has 0 aliphatic rings. The summed E-state index contributed by atoms with van der Waals surface area (Å²) in [6, 6.07) is 0. The highest BCUT2D eigenvalue weighted by Crippen LogP contribution is 2.21. The first-order valence-electron chi connectivity index (χ1n) is 4.68. The van der Waals surface area contributed by atoms with E-state index < -0.39 is 0 Å². The summed E-state index contributed by atoms with van der Waals surface area (Å²) in [6.07, 6.45) is 6.14. The molecule has 0 bridgehead atoms. The third-order valence-electron chi connectivity index (χ3n) is 2.11. The van der Waals surface area contributed by atoms with Gasteiger partial charge in [-0.1, -0.05) is 33.8 Å². The molecule has 0 saturated carbocycles. The standard InChI is InChI=1S/C11H21N/c1-9(2)11(10(3)4)7-6-8-12-5/h6-11H,1-5H3/b7-6+,12-8?. The Morgan fingerprint density at radius 3 is 1.83 bits per heavy atom. The van der Waals surface area contributed by atoms with Gasteiger partial charge in [-0.25, -0.2) is 0 Å². The fourth-order valence-electron chi connectivity index (χ4n) is 1.48. The molecule has 0 unspecified atom stereocenters. The predicted octanol–water partition coefficient (Wildman–Crippen LogP) is 3.17. The second kappa shape index (κ2) is 5.99. The van der Waals surface area contributed by atoms with Crippen molar-refractivity contribution in [1.82, 2.24) is 0 Å². The SMILES string of the molecule is CN=C/C=C/C(C(C)C)C(C)C. The topological polar surface area (TPSA) is 12.4 Å². The molecule has 0 aromatic heterocycles. The van der Waals surface area contributed by atoms with Gasteiger partial charge in [-0.2, -0.15) is 0 Å². The first-order chi connectivity index (χ1) is 5.59. The molecule has 0 saturated heterocycles. The zero-order valence-electron chi connectivity index (χ0n) is 8.91. The third kappa shape index (κ3) is 4.32. The van der Waals surface area contributed by atoms with Crippen LogP contribution < -0.4 is 0 Å². The van der Waals surface area contributed by atoms with E-state index in [1.54, 1.807) is 7.05 Å². The van der Waals surface area contributed by atoms with E-state index in [0.717, 1.165) is 0 Å². The Labute approximate surface area is 76.6 Å².